The average molecular weight is 746 g/mol. The van der Waals surface area contributed by atoms with Crippen LogP contribution in [0.4, 0.5) is 45.5 Å². The molecule has 0 atom stereocenters. The zero-order chi connectivity index (χ0) is 38.4. The summed E-state index contributed by atoms with van der Waals surface area (Å²) in [5.74, 6) is -1.51. The molecule has 0 radical (unpaired) electrons. The quantitative estimate of drug-likeness (QED) is 0.101. The number of anilines is 1. The van der Waals surface area contributed by atoms with Gasteiger partial charge in [0.15, 0.2) is 5.75 Å². The fraction of sp³-hybridized carbons (Fsp3) is 0.343. The molecule has 1 N–H and O–H groups in total. The second-order valence-electron chi connectivity index (χ2n) is 11.8. The number of methoxy groups -OCH3 is 1. The van der Waals surface area contributed by atoms with Gasteiger partial charge in [0.2, 0.25) is 5.95 Å². The van der Waals surface area contributed by atoms with Gasteiger partial charge in [0.25, 0.3) is 0 Å². The summed E-state index contributed by atoms with van der Waals surface area (Å²) >= 11 is 0. The van der Waals surface area contributed by atoms with Crippen LogP contribution in [0.25, 0.3) is 11.1 Å². The fourth-order valence-corrected chi connectivity index (χ4v) is 5.15. The number of hydrogen-bond acceptors (Lipinski definition) is 7. The van der Waals surface area contributed by atoms with Crippen LogP contribution in [0.5, 0.6) is 17.2 Å². The molecule has 1 aromatic heterocycles. The van der Waals surface area contributed by atoms with Crippen molar-refractivity contribution in [1.82, 2.24) is 9.97 Å². The summed E-state index contributed by atoms with van der Waals surface area (Å²) in [5, 5.41) is 8.82. The van der Waals surface area contributed by atoms with E-state index < -0.39 is 60.2 Å². The van der Waals surface area contributed by atoms with Crippen LogP contribution < -0.4 is 19.1 Å². The maximum absolute atomic E-state index is 13.8. The lowest BCUT2D eigenvalue weighted by Crippen LogP contribution is -2.25. The molecule has 280 valence electrons. The van der Waals surface area contributed by atoms with Crippen LogP contribution in [0, 0.1) is 0 Å². The summed E-state index contributed by atoms with van der Waals surface area (Å²) in [4.78, 5) is 20.3. The Hall–Kier alpha value is -5.22. The molecule has 0 bridgehead atoms. The van der Waals surface area contributed by atoms with Crippen LogP contribution >= 0.6 is 0 Å². The monoisotopic (exact) mass is 745 g/mol. The highest BCUT2D eigenvalue weighted by atomic mass is 19.4. The molecule has 4 aromatic rings. The summed E-state index contributed by atoms with van der Waals surface area (Å²) in [6, 6.07) is 9.69. The number of carboxylic acids is 1. The number of rotatable bonds is 14. The molecule has 0 aliphatic heterocycles. The van der Waals surface area contributed by atoms with Crippen LogP contribution in [0.3, 0.4) is 0 Å². The number of aromatic nitrogens is 2. The minimum Gasteiger partial charge on any atom is -0.496 e. The molecule has 0 saturated carbocycles. The number of aliphatic carboxylic acids is 1. The number of nitrogens with zero attached hydrogens (tertiary/aromatic N) is 3. The van der Waals surface area contributed by atoms with Crippen molar-refractivity contribution in [2.75, 3.05) is 18.6 Å². The first-order valence-corrected chi connectivity index (χ1v) is 15.5. The number of alkyl halides is 9. The van der Waals surface area contributed by atoms with Crippen LogP contribution in [0.15, 0.2) is 67.0 Å². The van der Waals surface area contributed by atoms with Gasteiger partial charge in [0, 0.05) is 25.1 Å². The van der Waals surface area contributed by atoms with Gasteiger partial charge in [0.05, 0.1) is 37.2 Å². The molecule has 0 saturated heterocycles. The molecule has 0 aliphatic carbocycles. The Bertz CT molecular complexity index is 1810. The highest BCUT2D eigenvalue weighted by Gasteiger charge is 2.37. The number of hydrogen-bond donors (Lipinski definition) is 1. The molecule has 3 aromatic carbocycles. The van der Waals surface area contributed by atoms with Gasteiger partial charge in [-0.2, -0.15) is 26.3 Å². The lowest BCUT2D eigenvalue weighted by molar-refractivity contribution is -0.274. The SMILES string of the molecule is COc1ccc(C(C)C)cc1-c1ccc(OC(F)(F)F)cc1CN(Cc1cc(C(F)(F)F)cc(C(F)(F)F)c1)c1ncc(OCCCC(=O)O)cn1. The predicted molar refractivity (Wildman–Crippen MR) is 170 cm³/mol. The molecule has 4 rings (SSSR count). The molecule has 8 nitrogen and oxygen atoms in total. The Morgan fingerprint density at radius 3 is 1.98 bits per heavy atom. The average Bonchev–Trinajstić information content (AvgIpc) is 3.05. The second-order valence-corrected chi connectivity index (χ2v) is 11.8. The summed E-state index contributed by atoms with van der Waals surface area (Å²) in [7, 11) is 1.38. The van der Waals surface area contributed by atoms with Gasteiger partial charge in [-0.3, -0.25) is 4.79 Å². The zero-order valence-corrected chi connectivity index (χ0v) is 27.8. The van der Waals surface area contributed by atoms with E-state index >= 15 is 0 Å². The maximum Gasteiger partial charge on any atom is 0.573 e. The lowest BCUT2D eigenvalue weighted by atomic mass is 9.93. The van der Waals surface area contributed by atoms with Gasteiger partial charge in [-0.25, -0.2) is 9.97 Å². The van der Waals surface area contributed by atoms with E-state index in [0.717, 1.165) is 30.1 Å². The molecular weight excluding hydrogens is 713 g/mol. The number of ether oxygens (including phenoxy) is 3. The minimum absolute atomic E-state index is 0.0134. The third-order valence-electron chi connectivity index (χ3n) is 7.57. The van der Waals surface area contributed by atoms with Crippen molar-refractivity contribution < 1.29 is 63.6 Å². The Balaban J connectivity index is 1.87. The highest BCUT2D eigenvalue weighted by molar-refractivity contribution is 5.75. The van der Waals surface area contributed by atoms with Crippen LogP contribution in [-0.4, -0.2) is 41.1 Å². The van der Waals surface area contributed by atoms with Crippen molar-refractivity contribution in [2.45, 2.75) is 64.4 Å². The molecule has 0 unspecified atom stereocenters. The third-order valence-corrected chi connectivity index (χ3v) is 7.57. The van der Waals surface area contributed by atoms with Crippen LogP contribution in [-0.2, 0) is 30.2 Å². The van der Waals surface area contributed by atoms with Crippen molar-refractivity contribution in [3.63, 3.8) is 0 Å². The van der Waals surface area contributed by atoms with Gasteiger partial charge in [-0.15, -0.1) is 13.2 Å². The van der Waals surface area contributed by atoms with Crippen molar-refractivity contribution in [3.8, 4) is 28.4 Å². The normalized spacial score (nSPS) is 12.2. The summed E-state index contributed by atoms with van der Waals surface area (Å²) in [6.07, 6.45) is -13.1. The van der Waals surface area contributed by atoms with Crippen LogP contribution in [0.2, 0.25) is 0 Å². The van der Waals surface area contributed by atoms with E-state index in [-0.39, 0.29) is 48.7 Å². The van der Waals surface area contributed by atoms with E-state index in [4.69, 9.17) is 14.6 Å². The van der Waals surface area contributed by atoms with E-state index in [1.165, 1.54) is 18.1 Å². The topological polar surface area (TPSA) is 94.0 Å². The smallest absolute Gasteiger partial charge is 0.496 e. The standard InChI is InChI=1S/C35H32F9N3O5/c1-20(2)22-6-9-30(50-3)29(14-22)28-8-7-26(52-35(42,43)44)13-23(28)19-47(32-45-16-27(17-46-32)51-10-4-5-31(48)49)18-21-11-24(33(36,37)38)15-25(12-21)34(39,40)41/h6-9,11-17,20H,4-5,10,18-19H2,1-3H3,(H,48,49). The maximum atomic E-state index is 13.8. The Labute approximate surface area is 291 Å². The van der Waals surface area contributed by atoms with Gasteiger partial charge in [-0.05, 0) is 77.1 Å². The van der Waals surface area contributed by atoms with Gasteiger partial charge >= 0.3 is 24.7 Å². The van der Waals surface area contributed by atoms with Crippen LogP contribution in [0.1, 0.15) is 60.4 Å². The molecule has 0 amide bonds. The largest absolute Gasteiger partial charge is 0.573 e. The Morgan fingerprint density at radius 1 is 0.808 bits per heavy atom. The van der Waals surface area contributed by atoms with Gasteiger partial charge in [-0.1, -0.05) is 26.0 Å². The van der Waals surface area contributed by atoms with E-state index in [1.807, 2.05) is 13.8 Å². The molecule has 17 heteroatoms. The molecule has 1 heterocycles. The number of carboxylic acid groups (broad SMARTS) is 1. The zero-order valence-electron chi connectivity index (χ0n) is 27.8. The van der Waals surface area contributed by atoms with Crippen molar-refractivity contribution in [2.24, 2.45) is 0 Å². The number of halogens is 9. The minimum atomic E-state index is -5.15. The van der Waals surface area contributed by atoms with E-state index in [1.54, 1.807) is 18.2 Å². The molecule has 0 fully saturated rings. The Morgan fingerprint density at radius 2 is 1.44 bits per heavy atom. The first-order valence-electron chi connectivity index (χ1n) is 15.5. The van der Waals surface area contributed by atoms with Gasteiger partial charge in [0.1, 0.15) is 11.5 Å². The first-order chi connectivity index (χ1) is 24.2. The third kappa shape index (κ3) is 10.9. The second kappa shape index (κ2) is 16.0. The summed E-state index contributed by atoms with van der Waals surface area (Å²) < 4.78 is 138. The van der Waals surface area contributed by atoms with E-state index in [2.05, 4.69) is 14.7 Å². The molecule has 0 aliphatic rings. The van der Waals surface area contributed by atoms with E-state index in [9.17, 15) is 44.3 Å². The number of carbonyl (C=O) groups is 1. The number of benzene rings is 3. The van der Waals surface area contributed by atoms with E-state index in [0.29, 0.717) is 29.0 Å². The van der Waals surface area contributed by atoms with Gasteiger partial charge < -0.3 is 24.2 Å². The Kier molecular flexibility index (Phi) is 12.2. The molecular formula is C35H32F9N3O5. The lowest BCUT2D eigenvalue weighted by Gasteiger charge is -2.26. The molecule has 0 spiro atoms. The summed E-state index contributed by atoms with van der Waals surface area (Å²) in [6.45, 7) is 2.68. The predicted octanol–water partition coefficient (Wildman–Crippen LogP) is 9.66. The fourth-order valence-electron chi connectivity index (χ4n) is 5.15. The highest BCUT2D eigenvalue weighted by Crippen LogP contribution is 2.40. The van der Waals surface area contributed by atoms with Crippen molar-refractivity contribution in [1.29, 1.82) is 0 Å². The first kappa shape index (κ1) is 39.6. The summed E-state index contributed by atoms with van der Waals surface area (Å²) in [5.41, 5.74) is -1.91. The molecule has 52 heavy (non-hydrogen) atoms. The van der Waals surface area contributed by atoms with Crippen molar-refractivity contribution >= 4 is 11.9 Å². The van der Waals surface area contributed by atoms with Crippen molar-refractivity contribution in [3.05, 3.63) is 94.8 Å².